The monoisotopic (exact) mass is 358 g/mol. The van der Waals surface area contributed by atoms with E-state index in [9.17, 15) is 9.90 Å². The van der Waals surface area contributed by atoms with E-state index in [4.69, 9.17) is 0 Å². The Labute approximate surface area is 134 Å². The smallest absolute Gasteiger partial charge is 0.358 e. The number of carboxylic acids is 1. The van der Waals surface area contributed by atoms with E-state index < -0.39 is 5.97 Å². The number of pyridine rings is 1. The molecule has 0 amide bonds. The molecule has 22 heavy (non-hydrogen) atoms. The molecular formula is C15H11BrN4O2. The van der Waals surface area contributed by atoms with Crippen LogP contribution in [-0.2, 0) is 0 Å². The Kier molecular flexibility index (Phi) is 3.72. The van der Waals surface area contributed by atoms with Crippen LogP contribution in [0, 0.1) is 6.92 Å². The number of hydrogen-bond acceptors (Lipinski definition) is 4. The first-order valence-electron chi connectivity index (χ1n) is 6.44. The van der Waals surface area contributed by atoms with Crippen molar-refractivity contribution in [1.82, 2.24) is 9.38 Å². The summed E-state index contributed by atoms with van der Waals surface area (Å²) in [4.78, 5) is 15.5. The van der Waals surface area contributed by atoms with Gasteiger partial charge in [0.1, 0.15) is 5.65 Å². The van der Waals surface area contributed by atoms with E-state index in [2.05, 4.69) is 31.1 Å². The third-order valence-electron chi connectivity index (χ3n) is 3.05. The highest BCUT2D eigenvalue weighted by Crippen LogP contribution is 2.28. The fourth-order valence-electron chi connectivity index (χ4n) is 2.01. The summed E-state index contributed by atoms with van der Waals surface area (Å²) in [5.41, 5.74) is 1.98. The largest absolute Gasteiger partial charge is 0.476 e. The lowest BCUT2D eigenvalue weighted by Crippen LogP contribution is -1.96. The summed E-state index contributed by atoms with van der Waals surface area (Å²) >= 11 is 3.38. The van der Waals surface area contributed by atoms with Crippen LogP contribution in [0.3, 0.4) is 0 Å². The number of aryl methyl sites for hydroxylation is 1. The van der Waals surface area contributed by atoms with E-state index in [1.54, 1.807) is 22.7 Å². The van der Waals surface area contributed by atoms with E-state index in [-0.39, 0.29) is 11.5 Å². The molecule has 0 saturated heterocycles. The fraction of sp³-hybridized carbons (Fsp3) is 0.0667. The Balaban J connectivity index is 2.16. The molecule has 0 spiro atoms. The predicted octanol–water partition coefficient (Wildman–Crippen LogP) is 4.52. The standard InChI is InChI=1S/C15H11BrN4O2/c1-9-6-7-12-17-13(15(21)22)14(20(12)8-9)19-18-11-5-3-2-4-10(11)16/h2-8H,1H3,(H,21,22). The van der Waals surface area contributed by atoms with Gasteiger partial charge in [-0.1, -0.05) is 18.2 Å². The topological polar surface area (TPSA) is 79.3 Å². The first kappa shape index (κ1) is 14.4. The number of fused-ring (bicyclic) bond motifs is 1. The first-order chi connectivity index (χ1) is 10.6. The van der Waals surface area contributed by atoms with Crippen molar-refractivity contribution in [2.75, 3.05) is 0 Å². The van der Waals surface area contributed by atoms with Crippen molar-refractivity contribution in [3.8, 4) is 0 Å². The molecule has 0 atom stereocenters. The maximum Gasteiger partial charge on any atom is 0.358 e. The number of hydrogen-bond donors (Lipinski definition) is 1. The highest BCUT2D eigenvalue weighted by Gasteiger charge is 2.18. The number of benzene rings is 1. The molecule has 0 bridgehead atoms. The van der Waals surface area contributed by atoms with E-state index in [0.717, 1.165) is 10.0 Å². The van der Waals surface area contributed by atoms with Gasteiger partial charge in [0.25, 0.3) is 0 Å². The number of carbonyl (C=O) groups is 1. The van der Waals surface area contributed by atoms with Gasteiger partial charge >= 0.3 is 5.97 Å². The van der Waals surface area contributed by atoms with Gasteiger partial charge in [-0.25, -0.2) is 9.78 Å². The van der Waals surface area contributed by atoms with Gasteiger partial charge in [0.15, 0.2) is 11.5 Å². The van der Waals surface area contributed by atoms with Crippen LogP contribution < -0.4 is 0 Å². The zero-order chi connectivity index (χ0) is 15.7. The Morgan fingerprint density at radius 1 is 1.23 bits per heavy atom. The predicted molar refractivity (Wildman–Crippen MR) is 85.2 cm³/mol. The number of aromatic carboxylic acids is 1. The molecule has 1 N–H and O–H groups in total. The van der Waals surface area contributed by atoms with Gasteiger partial charge in [0, 0.05) is 10.7 Å². The zero-order valence-electron chi connectivity index (χ0n) is 11.6. The number of imidazole rings is 1. The van der Waals surface area contributed by atoms with Gasteiger partial charge in [0.2, 0.25) is 0 Å². The molecule has 0 fully saturated rings. The van der Waals surface area contributed by atoms with Crippen molar-refractivity contribution in [2.45, 2.75) is 6.92 Å². The molecule has 1 aromatic carbocycles. The third kappa shape index (κ3) is 2.62. The van der Waals surface area contributed by atoms with Gasteiger partial charge in [-0.2, -0.15) is 0 Å². The van der Waals surface area contributed by atoms with Gasteiger partial charge in [0.05, 0.1) is 5.69 Å². The minimum absolute atomic E-state index is 0.124. The first-order valence-corrected chi connectivity index (χ1v) is 7.24. The van der Waals surface area contributed by atoms with Gasteiger partial charge < -0.3 is 5.11 Å². The molecule has 2 aromatic heterocycles. The lowest BCUT2D eigenvalue weighted by molar-refractivity contribution is 0.0692. The van der Waals surface area contributed by atoms with Crippen molar-refractivity contribution in [3.63, 3.8) is 0 Å². The maximum atomic E-state index is 11.4. The highest BCUT2D eigenvalue weighted by molar-refractivity contribution is 9.10. The fourth-order valence-corrected chi connectivity index (χ4v) is 2.38. The number of aromatic nitrogens is 2. The summed E-state index contributed by atoms with van der Waals surface area (Å²) in [5.74, 6) is -0.940. The van der Waals surface area contributed by atoms with Gasteiger partial charge in [-0.05, 0) is 46.6 Å². The Hall–Kier alpha value is -2.54. The van der Waals surface area contributed by atoms with Crippen molar-refractivity contribution >= 4 is 39.1 Å². The third-order valence-corrected chi connectivity index (χ3v) is 3.72. The van der Waals surface area contributed by atoms with Crippen LogP contribution in [-0.4, -0.2) is 20.5 Å². The van der Waals surface area contributed by atoms with Gasteiger partial charge in [-0.3, -0.25) is 4.40 Å². The maximum absolute atomic E-state index is 11.4. The van der Waals surface area contributed by atoms with Crippen molar-refractivity contribution in [3.05, 3.63) is 58.3 Å². The van der Waals surface area contributed by atoms with Crippen molar-refractivity contribution < 1.29 is 9.90 Å². The highest BCUT2D eigenvalue weighted by atomic mass is 79.9. The zero-order valence-corrected chi connectivity index (χ0v) is 13.1. The minimum atomic E-state index is -1.14. The second-order valence-corrected chi connectivity index (χ2v) is 5.53. The normalized spacial score (nSPS) is 11.4. The van der Waals surface area contributed by atoms with Crippen LogP contribution in [0.5, 0.6) is 0 Å². The quantitative estimate of drug-likeness (QED) is 0.699. The van der Waals surface area contributed by atoms with Crippen molar-refractivity contribution in [1.29, 1.82) is 0 Å². The number of halogens is 1. The number of rotatable bonds is 3. The molecule has 7 heteroatoms. The van der Waals surface area contributed by atoms with Crippen LogP contribution in [0.25, 0.3) is 5.65 Å². The molecule has 3 rings (SSSR count). The minimum Gasteiger partial charge on any atom is -0.476 e. The summed E-state index contributed by atoms with van der Waals surface area (Å²) in [6.07, 6.45) is 1.78. The second kappa shape index (κ2) is 5.69. The van der Waals surface area contributed by atoms with Crippen LogP contribution in [0.2, 0.25) is 0 Å². The average Bonchev–Trinajstić information content (AvgIpc) is 2.84. The molecule has 6 nitrogen and oxygen atoms in total. The van der Waals surface area contributed by atoms with E-state index >= 15 is 0 Å². The SMILES string of the molecule is Cc1ccc2nc(C(=O)O)c(N=Nc3ccccc3Br)n2c1. The molecule has 110 valence electrons. The summed E-state index contributed by atoms with van der Waals surface area (Å²) in [6.45, 7) is 1.91. The average molecular weight is 359 g/mol. The molecule has 3 aromatic rings. The molecule has 0 aliphatic rings. The number of azo groups is 1. The molecule has 0 aliphatic carbocycles. The van der Waals surface area contributed by atoms with Crippen molar-refractivity contribution in [2.24, 2.45) is 10.2 Å². The number of carboxylic acid groups (broad SMARTS) is 1. The van der Waals surface area contributed by atoms with E-state index in [1.807, 2.05) is 31.2 Å². The van der Waals surface area contributed by atoms with E-state index in [0.29, 0.717) is 11.3 Å². The van der Waals surface area contributed by atoms with E-state index in [1.165, 1.54) is 0 Å². The Morgan fingerprint density at radius 2 is 2.00 bits per heavy atom. The molecule has 0 unspecified atom stereocenters. The van der Waals surface area contributed by atoms with Crippen LogP contribution in [0.4, 0.5) is 11.5 Å². The number of nitrogens with zero attached hydrogens (tertiary/aromatic N) is 4. The molecule has 0 radical (unpaired) electrons. The Bertz CT molecular complexity index is 902. The molecule has 0 aliphatic heterocycles. The second-order valence-electron chi connectivity index (χ2n) is 4.68. The molecular weight excluding hydrogens is 348 g/mol. The molecule has 2 heterocycles. The van der Waals surface area contributed by atoms with Crippen LogP contribution >= 0.6 is 15.9 Å². The molecule has 0 saturated carbocycles. The summed E-state index contributed by atoms with van der Waals surface area (Å²) in [5, 5.41) is 17.5. The summed E-state index contributed by atoms with van der Waals surface area (Å²) in [7, 11) is 0. The van der Waals surface area contributed by atoms with Crippen LogP contribution in [0.15, 0.2) is 57.3 Å². The lowest BCUT2D eigenvalue weighted by Gasteiger charge is -1.99. The van der Waals surface area contributed by atoms with Crippen LogP contribution in [0.1, 0.15) is 16.1 Å². The lowest BCUT2D eigenvalue weighted by atomic mass is 10.3. The Morgan fingerprint density at radius 3 is 2.73 bits per heavy atom. The summed E-state index contributed by atoms with van der Waals surface area (Å²) in [6, 6.07) is 10.9. The summed E-state index contributed by atoms with van der Waals surface area (Å²) < 4.78 is 2.40. The van der Waals surface area contributed by atoms with Gasteiger partial charge in [-0.15, -0.1) is 10.2 Å².